The molecule has 0 spiro atoms. The number of aryl methyl sites for hydroxylation is 1. The minimum absolute atomic E-state index is 0. The number of hydrogen-bond acceptors (Lipinski definition) is 4. The molecule has 0 atom stereocenters. The summed E-state index contributed by atoms with van der Waals surface area (Å²) < 4.78 is 2.01. The topological polar surface area (TPSA) is 72.7 Å². The minimum atomic E-state index is -0.139. The van der Waals surface area contributed by atoms with E-state index in [9.17, 15) is 4.79 Å². The van der Waals surface area contributed by atoms with E-state index < -0.39 is 0 Å². The van der Waals surface area contributed by atoms with Gasteiger partial charge in [-0.25, -0.2) is 9.97 Å². The summed E-state index contributed by atoms with van der Waals surface area (Å²) in [4.78, 5) is 25.8. The van der Waals surface area contributed by atoms with Gasteiger partial charge in [0.05, 0.1) is 6.42 Å². The highest BCUT2D eigenvalue weighted by atomic mass is 35.5. The minimum Gasteiger partial charge on any atom is -0.296 e. The SMILES string of the molecule is C.Cc1cccc(CC(=O)Nc2nc3ccc(Cl)nc3n2C2CCC2)n1. The van der Waals surface area contributed by atoms with E-state index in [-0.39, 0.29) is 19.8 Å². The largest absolute Gasteiger partial charge is 0.296 e. The number of amides is 1. The van der Waals surface area contributed by atoms with Gasteiger partial charge >= 0.3 is 0 Å². The third-order valence-corrected chi connectivity index (χ3v) is 4.69. The number of fused-ring (bicyclic) bond motifs is 1. The van der Waals surface area contributed by atoms with Crippen molar-refractivity contribution in [3.8, 4) is 0 Å². The molecule has 7 heteroatoms. The summed E-state index contributed by atoms with van der Waals surface area (Å²) in [7, 11) is 0. The number of anilines is 1. The van der Waals surface area contributed by atoms with Crippen molar-refractivity contribution in [2.24, 2.45) is 0 Å². The van der Waals surface area contributed by atoms with Gasteiger partial charge in [0, 0.05) is 17.4 Å². The molecule has 3 heterocycles. The van der Waals surface area contributed by atoms with Crippen LogP contribution in [0.5, 0.6) is 0 Å². The van der Waals surface area contributed by atoms with Crippen molar-refractivity contribution in [2.45, 2.75) is 46.1 Å². The van der Waals surface area contributed by atoms with Gasteiger partial charge in [-0.2, -0.15) is 0 Å². The lowest BCUT2D eigenvalue weighted by atomic mass is 9.93. The second kappa shape index (κ2) is 7.41. The first-order valence-electron chi connectivity index (χ1n) is 8.37. The Morgan fingerprint density at radius 2 is 2.04 bits per heavy atom. The second-order valence-electron chi connectivity index (χ2n) is 6.36. The van der Waals surface area contributed by atoms with Crippen LogP contribution in [0.3, 0.4) is 0 Å². The third kappa shape index (κ3) is 3.55. The summed E-state index contributed by atoms with van der Waals surface area (Å²) in [6.07, 6.45) is 3.50. The Balaban J connectivity index is 0.00000196. The summed E-state index contributed by atoms with van der Waals surface area (Å²) in [5.74, 6) is 0.396. The van der Waals surface area contributed by atoms with Crippen molar-refractivity contribution in [1.29, 1.82) is 0 Å². The predicted molar refractivity (Wildman–Crippen MR) is 103 cm³/mol. The molecule has 0 saturated heterocycles. The van der Waals surface area contributed by atoms with E-state index in [1.807, 2.05) is 35.8 Å². The summed E-state index contributed by atoms with van der Waals surface area (Å²) in [5, 5.41) is 3.35. The van der Waals surface area contributed by atoms with Crippen LogP contribution in [0.15, 0.2) is 30.3 Å². The van der Waals surface area contributed by atoms with E-state index in [2.05, 4.69) is 20.3 Å². The normalized spacial score (nSPS) is 13.9. The number of imidazole rings is 1. The smallest absolute Gasteiger partial charge is 0.232 e. The van der Waals surface area contributed by atoms with Gasteiger partial charge in [0.25, 0.3) is 0 Å². The van der Waals surface area contributed by atoms with Crippen LogP contribution in [0.2, 0.25) is 5.15 Å². The average Bonchev–Trinajstić information content (AvgIpc) is 2.83. The number of aromatic nitrogens is 4. The molecule has 1 N–H and O–H groups in total. The van der Waals surface area contributed by atoms with Gasteiger partial charge < -0.3 is 0 Å². The molecule has 0 bridgehead atoms. The van der Waals surface area contributed by atoms with Crippen LogP contribution in [0.4, 0.5) is 5.95 Å². The van der Waals surface area contributed by atoms with E-state index in [1.54, 1.807) is 6.07 Å². The number of rotatable bonds is 4. The van der Waals surface area contributed by atoms with Crippen molar-refractivity contribution < 1.29 is 4.79 Å². The quantitative estimate of drug-likeness (QED) is 0.693. The number of carbonyl (C=O) groups excluding carboxylic acids is 1. The number of halogens is 1. The van der Waals surface area contributed by atoms with Crippen LogP contribution in [-0.2, 0) is 11.2 Å². The Labute approximate surface area is 157 Å². The Morgan fingerprint density at radius 3 is 2.73 bits per heavy atom. The molecule has 0 aromatic carbocycles. The molecule has 1 saturated carbocycles. The van der Waals surface area contributed by atoms with Crippen molar-refractivity contribution in [3.63, 3.8) is 0 Å². The van der Waals surface area contributed by atoms with Crippen molar-refractivity contribution in [3.05, 3.63) is 46.9 Å². The molecule has 3 aromatic heterocycles. The monoisotopic (exact) mass is 371 g/mol. The van der Waals surface area contributed by atoms with Crippen LogP contribution < -0.4 is 5.32 Å². The Morgan fingerprint density at radius 1 is 1.23 bits per heavy atom. The lowest BCUT2D eigenvalue weighted by Gasteiger charge is -2.28. The standard InChI is InChI=1S/C18H18ClN5O.CH4/c1-11-4-2-5-12(20-11)10-16(25)23-18-21-14-8-9-15(19)22-17(14)24(18)13-6-3-7-13;/h2,4-5,8-9,13H,3,6-7,10H2,1H3,(H,21,23,25);1H4. The van der Waals surface area contributed by atoms with Gasteiger partial charge in [-0.1, -0.05) is 25.1 Å². The first-order valence-corrected chi connectivity index (χ1v) is 8.75. The van der Waals surface area contributed by atoms with E-state index in [1.165, 1.54) is 6.42 Å². The van der Waals surface area contributed by atoms with Gasteiger partial charge in [0.15, 0.2) is 5.65 Å². The first kappa shape index (κ1) is 18.3. The van der Waals surface area contributed by atoms with Gasteiger partial charge in [-0.15, -0.1) is 0 Å². The first-order chi connectivity index (χ1) is 12.1. The van der Waals surface area contributed by atoms with Gasteiger partial charge in [-0.3, -0.25) is 19.7 Å². The lowest BCUT2D eigenvalue weighted by molar-refractivity contribution is -0.115. The Kier molecular flexibility index (Phi) is 5.23. The van der Waals surface area contributed by atoms with Crippen LogP contribution in [0.1, 0.15) is 44.1 Å². The third-order valence-electron chi connectivity index (χ3n) is 4.48. The molecule has 136 valence electrons. The number of nitrogens with zero attached hydrogens (tertiary/aromatic N) is 4. The van der Waals surface area contributed by atoms with E-state index in [0.29, 0.717) is 17.1 Å². The molecule has 3 aromatic rings. The highest BCUT2D eigenvalue weighted by molar-refractivity contribution is 6.29. The molecular weight excluding hydrogens is 350 g/mol. The zero-order chi connectivity index (χ0) is 17.4. The van der Waals surface area contributed by atoms with Crippen molar-refractivity contribution >= 4 is 34.6 Å². The van der Waals surface area contributed by atoms with Crippen molar-refractivity contribution in [1.82, 2.24) is 19.5 Å². The van der Waals surface area contributed by atoms with Gasteiger partial charge in [0.2, 0.25) is 11.9 Å². The van der Waals surface area contributed by atoms with E-state index in [0.717, 1.165) is 35.4 Å². The van der Waals surface area contributed by atoms with Crippen molar-refractivity contribution in [2.75, 3.05) is 5.32 Å². The number of nitrogens with one attached hydrogen (secondary N) is 1. The summed E-state index contributed by atoms with van der Waals surface area (Å²) in [6, 6.07) is 9.52. The second-order valence-corrected chi connectivity index (χ2v) is 6.75. The fourth-order valence-corrected chi connectivity index (χ4v) is 3.20. The highest BCUT2D eigenvalue weighted by Gasteiger charge is 2.26. The molecule has 1 amide bonds. The van der Waals surface area contributed by atoms with Crippen LogP contribution in [-0.4, -0.2) is 25.4 Å². The molecule has 4 rings (SSSR count). The lowest BCUT2D eigenvalue weighted by Crippen LogP contribution is -2.23. The van der Waals surface area contributed by atoms with E-state index in [4.69, 9.17) is 11.6 Å². The average molecular weight is 372 g/mol. The van der Waals surface area contributed by atoms with Crippen LogP contribution in [0, 0.1) is 6.92 Å². The zero-order valence-electron chi connectivity index (χ0n) is 13.9. The molecule has 1 aliphatic carbocycles. The highest BCUT2D eigenvalue weighted by Crippen LogP contribution is 2.36. The fraction of sp³-hybridized carbons (Fsp3) is 0.368. The molecule has 1 fully saturated rings. The maximum Gasteiger partial charge on any atom is 0.232 e. The van der Waals surface area contributed by atoms with Crippen LogP contribution >= 0.6 is 11.6 Å². The van der Waals surface area contributed by atoms with E-state index >= 15 is 0 Å². The molecule has 0 aliphatic heterocycles. The number of hydrogen-bond donors (Lipinski definition) is 1. The zero-order valence-corrected chi connectivity index (χ0v) is 14.6. The Bertz CT molecular complexity index is 948. The number of pyridine rings is 2. The van der Waals surface area contributed by atoms with Crippen LogP contribution in [0.25, 0.3) is 11.2 Å². The molecule has 6 nitrogen and oxygen atoms in total. The predicted octanol–water partition coefficient (Wildman–Crippen LogP) is 4.33. The molecule has 26 heavy (non-hydrogen) atoms. The summed E-state index contributed by atoms with van der Waals surface area (Å²) in [6.45, 7) is 1.91. The fourth-order valence-electron chi connectivity index (χ4n) is 3.06. The number of carbonyl (C=O) groups is 1. The van der Waals surface area contributed by atoms with Gasteiger partial charge in [0.1, 0.15) is 10.7 Å². The molecule has 0 unspecified atom stereocenters. The maximum absolute atomic E-state index is 12.5. The molecule has 0 radical (unpaired) electrons. The molecular formula is C19H22ClN5O. The molecule has 1 aliphatic rings. The van der Waals surface area contributed by atoms with Gasteiger partial charge in [-0.05, 0) is 50.5 Å². The summed E-state index contributed by atoms with van der Waals surface area (Å²) >= 11 is 6.05. The summed E-state index contributed by atoms with van der Waals surface area (Å²) in [5.41, 5.74) is 3.09. The maximum atomic E-state index is 12.5. The Hall–Kier alpha value is -2.47.